The van der Waals surface area contributed by atoms with Crippen molar-refractivity contribution in [2.75, 3.05) is 16.0 Å². The van der Waals surface area contributed by atoms with Gasteiger partial charge in [-0.3, -0.25) is 4.79 Å². The first-order valence-electron chi connectivity index (χ1n) is 9.59. The van der Waals surface area contributed by atoms with Crippen LogP contribution in [0.25, 0.3) is 5.70 Å². The predicted molar refractivity (Wildman–Crippen MR) is 116 cm³/mol. The van der Waals surface area contributed by atoms with Gasteiger partial charge in [-0.1, -0.05) is 36.4 Å². The number of fused-ring (bicyclic) bond motifs is 1. The molecule has 0 atom stereocenters. The number of para-hydroxylation sites is 1. The molecule has 0 unspecified atom stereocenters. The molecule has 5 rings (SSSR count). The van der Waals surface area contributed by atoms with Gasteiger partial charge in [-0.15, -0.1) is 0 Å². The largest absolute Gasteiger partial charge is 0.355 e. The number of rotatable bonds is 5. The van der Waals surface area contributed by atoms with Crippen molar-refractivity contribution < 1.29 is 13.6 Å². The minimum Gasteiger partial charge on any atom is -0.355 e. The second kappa shape index (κ2) is 7.56. The molecule has 3 N–H and O–H groups in total. The Morgan fingerprint density at radius 1 is 1.00 bits per heavy atom. The van der Waals surface area contributed by atoms with E-state index in [1.165, 1.54) is 12.3 Å². The van der Waals surface area contributed by atoms with Crippen LogP contribution in [0.2, 0.25) is 0 Å². The molecular formula is C23H17F2N5O. The lowest BCUT2D eigenvalue weighted by Crippen LogP contribution is -2.20. The molecule has 1 aliphatic heterocycles. The molecular weight excluding hydrogens is 400 g/mol. The van der Waals surface area contributed by atoms with Gasteiger partial charge in [0.2, 0.25) is 0 Å². The van der Waals surface area contributed by atoms with E-state index in [1.807, 2.05) is 42.5 Å². The van der Waals surface area contributed by atoms with Gasteiger partial charge in [-0.2, -0.15) is 5.10 Å². The van der Waals surface area contributed by atoms with Gasteiger partial charge in [-0.05, 0) is 42.0 Å². The van der Waals surface area contributed by atoms with Crippen molar-refractivity contribution in [1.29, 1.82) is 0 Å². The molecule has 2 aliphatic rings. The van der Waals surface area contributed by atoms with E-state index in [-0.39, 0.29) is 17.1 Å². The summed E-state index contributed by atoms with van der Waals surface area (Å²) in [7, 11) is 0. The molecule has 0 saturated heterocycles. The summed E-state index contributed by atoms with van der Waals surface area (Å²) in [5, 5.41) is 13.1. The van der Waals surface area contributed by atoms with Crippen molar-refractivity contribution in [1.82, 2.24) is 9.78 Å². The van der Waals surface area contributed by atoms with Crippen LogP contribution in [0.4, 0.5) is 31.7 Å². The van der Waals surface area contributed by atoms with Crippen LogP contribution in [0.5, 0.6) is 0 Å². The molecule has 2 aromatic carbocycles. The Balaban J connectivity index is 1.39. The minimum atomic E-state index is -2.73. The van der Waals surface area contributed by atoms with E-state index in [9.17, 15) is 13.6 Å². The lowest BCUT2D eigenvalue weighted by molar-refractivity contribution is 0.102. The molecule has 1 aliphatic carbocycles. The van der Waals surface area contributed by atoms with Gasteiger partial charge in [0.05, 0.1) is 6.20 Å². The van der Waals surface area contributed by atoms with E-state index in [2.05, 4.69) is 21.0 Å². The van der Waals surface area contributed by atoms with Gasteiger partial charge < -0.3 is 16.0 Å². The number of halogens is 2. The number of alkyl halides is 2. The average Bonchev–Trinajstić information content (AvgIpc) is 3.53. The predicted octanol–water partition coefficient (Wildman–Crippen LogP) is 5.23. The molecule has 1 aromatic heterocycles. The quantitative estimate of drug-likeness (QED) is 0.531. The lowest BCUT2D eigenvalue weighted by Gasteiger charge is -2.20. The maximum Gasteiger partial charge on any atom is 0.280 e. The van der Waals surface area contributed by atoms with Crippen molar-refractivity contribution in [2.45, 2.75) is 6.43 Å². The Bertz CT molecular complexity index is 1250. The van der Waals surface area contributed by atoms with Crippen molar-refractivity contribution in [3.63, 3.8) is 0 Å². The van der Waals surface area contributed by atoms with E-state index in [0.29, 0.717) is 11.4 Å². The fourth-order valence-corrected chi connectivity index (χ4v) is 3.30. The third-order valence-electron chi connectivity index (χ3n) is 4.85. The van der Waals surface area contributed by atoms with Gasteiger partial charge in [0.15, 0.2) is 0 Å². The van der Waals surface area contributed by atoms with Gasteiger partial charge in [-0.25, -0.2) is 13.5 Å². The zero-order valence-electron chi connectivity index (χ0n) is 16.1. The maximum absolute atomic E-state index is 13.5. The highest BCUT2D eigenvalue weighted by Crippen LogP contribution is 2.34. The van der Waals surface area contributed by atoms with E-state index in [0.717, 1.165) is 21.6 Å². The number of anilines is 4. The molecule has 1 amide bonds. The van der Waals surface area contributed by atoms with Crippen molar-refractivity contribution >= 4 is 34.5 Å². The van der Waals surface area contributed by atoms with E-state index < -0.39 is 12.3 Å². The topological polar surface area (TPSA) is 71.0 Å². The number of benzene rings is 2. The van der Waals surface area contributed by atoms with E-state index in [1.54, 1.807) is 24.3 Å². The van der Waals surface area contributed by atoms with Crippen LogP contribution < -0.4 is 16.0 Å². The number of allylic oxidation sites excluding steroid dienone is 5. The molecule has 6 nitrogen and oxygen atoms in total. The van der Waals surface area contributed by atoms with Gasteiger partial charge in [0.25, 0.3) is 12.3 Å². The summed E-state index contributed by atoms with van der Waals surface area (Å²) < 4.78 is 28.1. The zero-order chi connectivity index (χ0) is 21.4. The summed E-state index contributed by atoms with van der Waals surface area (Å²) in [5.41, 5.74) is 3.51. The summed E-state index contributed by atoms with van der Waals surface area (Å²) in [5.74, 6) is -0.237. The van der Waals surface area contributed by atoms with Crippen LogP contribution in [0, 0.1) is 0 Å². The van der Waals surface area contributed by atoms with Crippen molar-refractivity contribution in [3.8, 4) is 0 Å². The van der Waals surface area contributed by atoms with Crippen LogP contribution in [0.1, 0.15) is 10.4 Å². The monoisotopic (exact) mass is 417 g/mol. The van der Waals surface area contributed by atoms with Gasteiger partial charge in [0, 0.05) is 22.8 Å². The lowest BCUT2D eigenvalue weighted by atomic mass is 10.2. The summed E-state index contributed by atoms with van der Waals surface area (Å²) in [4.78, 5) is 12.9. The van der Waals surface area contributed by atoms with Crippen molar-refractivity contribution in [2.24, 2.45) is 0 Å². The Labute approximate surface area is 176 Å². The average molecular weight is 417 g/mol. The summed E-state index contributed by atoms with van der Waals surface area (Å²) >= 11 is 0. The Kier molecular flexibility index (Phi) is 4.59. The smallest absolute Gasteiger partial charge is 0.280 e. The SMILES string of the molecule is O=C(Nc1cccc(Nc2ccccc2)c1)c1cnn2c1NC(=C1C=C1)C=C2C(F)F. The first-order chi connectivity index (χ1) is 15.1. The number of hydrogen-bond donors (Lipinski definition) is 3. The van der Waals surface area contributed by atoms with Crippen LogP contribution in [0.3, 0.4) is 0 Å². The number of carbonyl (C=O) groups is 1. The number of carbonyl (C=O) groups excluding carboxylic acids is 1. The Morgan fingerprint density at radius 2 is 1.74 bits per heavy atom. The van der Waals surface area contributed by atoms with Crippen molar-refractivity contribution in [3.05, 3.63) is 95.9 Å². The molecule has 0 fully saturated rings. The van der Waals surface area contributed by atoms with Crippen LogP contribution in [-0.4, -0.2) is 22.1 Å². The summed E-state index contributed by atoms with van der Waals surface area (Å²) in [6, 6.07) is 16.9. The first kappa shape index (κ1) is 18.8. The molecule has 0 bridgehead atoms. The number of aromatic nitrogens is 2. The molecule has 8 heteroatoms. The zero-order valence-corrected chi connectivity index (χ0v) is 16.1. The third-order valence-corrected chi connectivity index (χ3v) is 4.85. The molecule has 31 heavy (non-hydrogen) atoms. The highest BCUT2D eigenvalue weighted by molar-refractivity contribution is 6.08. The maximum atomic E-state index is 13.5. The minimum absolute atomic E-state index is 0.173. The van der Waals surface area contributed by atoms with Crippen LogP contribution in [0.15, 0.2) is 90.3 Å². The molecule has 0 saturated carbocycles. The van der Waals surface area contributed by atoms with E-state index >= 15 is 0 Å². The molecule has 0 spiro atoms. The highest BCUT2D eigenvalue weighted by atomic mass is 19.3. The van der Waals surface area contributed by atoms with Crippen LogP contribution >= 0.6 is 0 Å². The number of nitrogens with zero attached hydrogens (tertiary/aromatic N) is 2. The molecule has 154 valence electrons. The molecule has 3 aromatic rings. The Morgan fingerprint density at radius 3 is 2.48 bits per heavy atom. The fraction of sp³-hybridized carbons (Fsp3) is 0.0435. The summed E-state index contributed by atoms with van der Waals surface area (Å²) in [6.07, 6.45) is 3.51. The highest BCUT2D eigenvalue weighted by Gasteiger charge is 2.29. The van der Waals surface area contributed by atoms with Gasteiger partial charge >= 0.3 is 0 Å². The summed E-state index contributed by atoms with van der Waals surface area (Å²) in [6.45, 7) is 0. The number of hydrogen-bond acceptors (Lipinski definition) is 4. The van der Waals surface area contributed by atoms with E-state index in [4.69, 9.17) is 0 Å². The van der Waals surface area contributed by atoms with Gasteiger partial charge in [0.1, 0.15) is 17.1 Å². The fourth-order valence-electron chi connectivity index (χ4n) is 3.30. The number of nitrogens with one attached hydrogen (secondary N) is 3. The standard InChI is InChI=1S/C23H17F2N5O/c24-21(25)20-12-19(14-9-10-14)29-22-18(13-26-30(20)22)23(31)28-17-8-4-7-16(11-17)27-15-5-2-1-3-6-15/h1-13,21,27,29H,(H,28,31). The second-order valence-electron chi connectivity index (χ2n) is 7.04. The molecule has 0 radical (unpaired) electrons. The second-order valence-corrected chi connectivity index (χ2v) is 7.04. The Hall–Kier alpha value is -4.20. The number of amides is 1. The first-order valence-corrected chi connectivity index (χ1v) is 9.59. The third kappa shape index (κ3) is 3.83. The van der Waals surface area contributed by atoms with Crippen LogP contribution in [-0.2, 0) is 0 Å². The normalized spacial score (nSPS) is 14.1. The molecule has 2 heterocycles.